The lowest BCUT2D eigenvalue weighted by atomic mass is 10.2. The monoisotopic (exact) mass is 431 g/mol. The molecule has 1 aliphatic carbocycles. The van der Waals surface area contributed by atoms with E-state index in [-0.39, 0.29) is 17.3 Å². The molecule has 3 aromatic rings. The van der Waals surface area contributed by atoms with E-state index in [2.05, 4.69) is 9.97 Å². The molecule has 0 spiro atoms. The lowest BCUT2D eigenvalue weighted by molar-refractivity contribution is -0.118. The number of hydrogen-bond donors (Lipinski definition) is 1. The Morgan fingerprint density at radius 1 is 1.31 bits per heavy atom. The average molecular weight is 432 g/mol. The van der Waals surface area contributed by atoms with Gasteiger partial charge in [0.05, 0.1) is 11.1 Å². The molecule has 1 aliphatic rings. The number of anilines is 1. The summed E-state index contributed by atoms with van der Waals surface area (Å²) in [6.07, 6.45) is 3.51. The van der Waals surface area contributed by atoms with Crippen LogP contribution in [-0.2, 0) is 23.4 Å². The number of nitrogens with zero attached hydrogens (tertiary/aromatic N) is 2. The molecule has 1 N–H and O–H groups in total. The van der Waals surface area contributed by atoms with Crippen molar-refractivity contribution in [2.75, 3.05) is 17.2 Å². The van der Waals surface area contributed by atoms with Gasteiger partial charge >= 0.3 is 0 Å². The summed E-state index contributed by atoms with van der Waals surface area (Å²) in [5, 5.41) is 0.768. The number of rotatable bonds is 7. The van der Waals surface area contributed by atoms with Crippen LogP contribution in [0.15, 0.2) is 29.1 Å². The van der Waals surface area contributed by atoms with Crippen LogP contribution in [0.4, 0.5) is 10.1 Å². The number of carbonyl (C=O) groups is 1. The Morgan fingerprint density at radius 3 is 2.86 bits per heavy atom. The van der Waals surface area contributed by atoms with Crippen LogP contribution in [0.1, 0.15) is 36.0 Å². The minimum atomic E-state index is -0.317. The van der Waals surface area contributed by atoms with Gasteiger partial charge in [0.15, 0.2) is 0 Å². The third-order valence-corrected chi connectivity index (χ3v) is 7.23. The van der Waals surface area contributed by atoms with Crippen LogP contribution < -0.4 is 10.5 Å². The SMILES string of the molecule is CCN(C(=O)CCSCc1nc2sc3c(c2c(=O)[nH]1)CCC3)c1ccc(F)cc1. The van der Waals surface area contributed by atoms with E-state index >= 15 is 0 Å². The molecule has 0 fully saturated rings. The number of H-pyrrole nitrogens is 1. The molecule has 1 amide bonds. The number of nitrogens with one attached hydrogen (secondary N) is 1. The second-order valence-corrected chi connectivity index (χ2v) is 9.16. The molecule has 0 bridgehead atoms. The quantitative estimate of drug-likeness (QED) is 0.567. The van der Waals surface area contributed by atoms with Gasteiger partial charge in [-0.15, -0.1) is 11.3 Å². The molecule has 2 aromatic heterocycles. The number of fused-ring (bicyclic) bond motifs is 3. The van der Waals surface area contributed by atoms with Gasteiger partial charge < -0.3 is 9.88 Å². The van der Waals surface area contributed by atoms with Gasteiger partial charge in [-0.25, -0.2) is 9.37 Å². The van der Waals surface area contributed by atoms with Crippen LogP contribution in [0.3, 0.4) is 0 Å². The summed E-state index contributed by atoms with van der Waals surface area (Å²) in [7, 11) is 0. The van der Waals surface area contributed by atoms with Crippen molar-refractivity contribution in [3.05, 3.63) is 56.7 Å². The fourth-order valence-electron chi connectivity index (χ4n) is 3.70. The first kappa shape index (κ1) is 20.1. The normalized spacial score (nSPS) is 13.0. The first-order chi connectivity index (χ1) is 14.1. The Balaban J connectivity index is 1.35. The predicted octanol–water partition coefficient (Wildman–Crippen LogP) is 4.29. The van der Waals surface area contributed by atoms with E-state index in [1.54, 1.807) is 40.1 Å². The summed E-state index contributed by atoms with van der Waals surface area (Å²) in [6.45, 7) is 2.43. The van der Waals surface area contributed by atoms with E-state index in [0.29, 0.717) is 36.0 Å². The first-order valence-corrected chi connectivity index (χ1v) is 11.7. The molecule has 0 radical (unpaired) electrons. The molecule has 0 aliphatic heterocycles. The zero-order valence-electron chi connectivity index (χ0n) is 16.2. The smallest absolute Gasteiger partial charge is 0.259 e. The highest BCUT2D eigenvalue weighted by Gasteiger charge is 2.21. The van der Waals surface area contributed by atoms with Crippen molar-refractivity contribution in [3.8, 4) is 0 Å². The van der Waals surface area contributed by atoms with Crippen LogP contribution >= 0.6 is 23.1 Å². The van der Waals surface area contributed by atoms with Crippen molar-refractivity contribution < 1.29 is 9.18 Å². The third kappa shape index (κ3) is 4.23. The maximum absolute atomic E-state index is 13.1. The molecule has 0 saturated carbocycles. The van der Waals surface area contributed by atoms with Crippen molar-refractivity contribution in [1.82, 2.24) is 9.97 Å². The van der Waals surface area contributed by atoms with Crippen molar-refractivity contribution >= 4 is 44.9 Å². The van der Waals surface area contributed by atoms with Crippen molar-refractivity contribution in [2.45, 2.75) is 38.4 Å². The van der Waals surface area contributed by atoms with Gasteiger partial charge in [-0.05, 0) is 56.0 Å². The number of thiophene rings is 1. The van der Waals surface area contributed by atoms with Crippen LogP contribution in [0.25, 0.3) is 10.2 Å². The van der Waals surface area contributed by atoms with Crippen molar-refractivity contribution in [2.24, 2.45) is 0 Å². The van der Waals surface area contributed by atoms with E-state index < -0.39 is 0 Å². The van der Waals surface area contributed by atoms with E-state index in [1.807, 2.05) is 6.92 Å². The Bertz CT molecular complexity index is 1090. The van der Waals surface area contributed by atoms with Gasteiger partial charge in [0.2, 0.25) is 5.91 Å². The van der Waals surface area contributed by atoms with Gasteiger partial charge in [-0.1, -0.05) is 0 Å². The zero-order valence-corrected chi connectivity index (χ0v) is 17.8. The molecule has 0 unspecified atom stereocenters. The molecule has 1 aromatic carbocycles. The molecular formula is C21H22FN3O2S2. The Labute approximate surface area is 176 Å². The maximum atomic E-state index is 13.1. The van der Waals surface area contributed by atoms with Crippen LogP contribution in [0, 0.1) is 5.82 Å². The van der Waals surface area contributed by atoms with Crippen molar-refractivity contribution in [3.63, 3.8) is 0 Å². The first-order valence-electron chi connectivity index (χ1n) is 9.74. The predicted molar refractivity (Wildman–Crippen MR) is 117 cm³/mol. The second kappa shape index (κ2) is 8.67. The third-order valence-electron chi connectivity index (χ3n) is 5.08. The number of halogens is 1. The van der Waals surface area contributed by atoms with Gasteiger partial charge in [0.1, 0.15) is 16.5 Å². The summed E-state index contributed by atoms with van der Waals surface area (Å²) in [4.78, 5) is 36.3. The fraction of sp³-hybridized carbons (Fsp3) is 0.381. The maximum Gasteiger partial charge on any atom is 0.259 e. The highest BCUT2D eigenvalue weighted by atomic mass is 32.2. The average Bonchev–Trinajstić information content (AvgIpc) is 3.28. The molecule has 4 rings (SSSR count). The van der Waals surface area contributed by atoms with Crippen LogP contribution in [0.5, 0.6) is 0 Å². The van der Waals surface area contributed by atoms with E-state index in [4.69, 9.17) is 0 Å². The van der Waals surface area contributed by atoms with Crippen LogP contribution in [0.2, 0.25) is 0 Å². The van der Waals surface area contributed by atoms with Crippen LogP contribution in [-0.4, -0.2) is 28.2 Å². The Hall–Kier alpha value is -2.19. The Kier molecular flexibility index (Phi) is 6.01. The van der Waals surface area contributed by atoms with E-state index in [9.17, 15) is 14.0 Å². The summed E-state index contributed by atoms with van der Waals surface area (Å²) in [6, 6.07) is 5.95. The molecule has 152 valence electrons. The van der Waals surface area contributed by atoms with Gasteiger partial charge in [-0.2, -0.15) is 11.8 Å². The standard InChI is InChI=1S/C21H22FN3O2S2/c1-2-25(14-8-6-13(22)7-9-14)18(26)10-11-28-12-17-23-20(27)19-15-4-3-5-16(15)29-21(19)24-17/h6-9H,2-5,10-12H2,1H3,(H,23,24,27). The zero-order chi connectivity index (χ0) is 20.4. The minimum Gasteiger partial charge on any atom is -0.313 e. The summed E-state index contributed by atoms with van der Waals surface area (Å²) in [5.41, 5.74) is 1.84. The summed E-state index contributed by atoms with van der Waals surface area (Å²) < 4.78 is 13.1. The lowest BCUT2D eigenvalue weighted by Gasteiger charge is -2.21. The number of aromatic amines is 1. The number of benzene rings is 1. The van der Waals surface area contributed by atoms with E-state index in [1.165, 1.54) is 22.6 Å². The Morgan fingerprint density at radius 2 is 2.10 bits per heavy atom. The van der Waals surface area contributed by atoms with Crippen molar-refractivity contribution in [1.29, 1.82) is 0 Å². The topological polar surface area (TPSA) is 66.1 Å². The molecule has 0 saturated heterocycles. The minimum absolute atomic E-state index is 0.00167. The molecule has 5 nitrogen and oxygen atoms in total. The van der Waals surface area contributed by atoms with Gasteiger partial charge in [0.25, 0.3) is 5.56 Å². The molecule has 0 atom stereocenters. The lowest BCUT2D eigenvalue weighted by Crippen LogP contribution is -2.30. The highest BCUT2D eigenvalue weighted by Crippen LogP contribution is 2.34. The molecule has 29 heavy (non-hydrogen) atoms. The summed E-state index contributed by atoms with van der Waals surface area (Å²) in [5.74, 6) is 1.52. The highest BCUT2D eigenvalue weighted by molar-refractivity contribution is 7.98. The fourth-order valence-corrected chi connectivity index (χ4v) is 5.78. The number of carbonyl (C=O) groups excluding carboxylic acids is 1. The number of aryl methyl sites for hydroxylation is 2. The summed E-state index contributed by atoms with van der Waals surface area (Å²) >= 11 is 3.21. The number of hydrogen-bond acceptors (Lipinski definition) is 5. The number of thioether (sulfide) groups is 1. The molecule has 2 heterocycles. The van der Waals surface area contributed by atoms with E-state index in [0.717, 1.165) is 29.5 Å². The second-order valence-electron chi connectivity index (χ2n) is 6.97. The molecular weight excluding hydrogens is 409 g/mol. The molecule has 8 heteroatoms. The van der Waals surface area contributed by atoms with Gasteiger partial charge in [0, 0.05) is 29.3 Å². The largest absolute Gasteiger partial charge is 0.313 e. The van der Waals surface area contributed by atoms with Gasteiger partial charge in [-0.3, -0.25) is 9.59 Å². The number of aromatic nitrogens is 2. The number of amides is 1.